The minimum atomic E-state index is -0.528. The van der Waals surface area contributed by atoms with E-state index in [1.54, 1.807) is 18.2 Å². The Labute approximate surface area is 149 Å². The summed E-state index contributed by atoms with van der Waals surface area (Å²) >= 11 is 5.91. The number of amides is 2. The van der Waals surface area contributed by atoms with Crippen LogP contribution in [0.5, 0.6) is 5.75 Å². The fourth-order valence-corrected chi connectivity index (χ4v) is 2.64. The monoisotopic (exact) mass is 357 g/mol. The van der Waals surface area contributed by atoms with E-state index < -0.39 is 11.8 Å². The van der Waals surface area contributed by atoms with E-state index >= 15 is 0 Å². The number of nitrogens with one attached hydrogen (secondary N) is 3. The van der Waals surface area contributed by atoms with Gasteiger partial charge in [-0.15, -0.1) is 0 Å². The normalized spacial score (nSPS) is 10.5. The summed E-state index contributed by atoms with van der Waals surface area (Å²) in [5.41, 5.74) is 7.24. The molecular weight excluding hydrogens is 342 g/mol. The first-order valence-electron chi connectivity index (χ1n) is 7.51. The van der Waals surface area contributed by atoms with Crippen molar-refractivity contribution in [3.05, 3.63) is 64.3 Å². The number of hydrazine groups is 1. The van der Waals surface area contributed by atoms with Crippen LogP contribution in [0.2, 0.25) is 5.02 Å². The molecule has 0 aliphatic carbocycles. The summed E-state index contributed by atoms with van der Waals surface area (Å²) in [4.78, 5) is 27.5. The molecule has 7 heteroatoms. The highest BCUT2D eigenvalue weighted by molar-refractivity contribution is 6.31. The first kappa shape index (κ1) is 16.9. The highest BCUT2D eigenvalue weighted by atomic mass is 35.5. The van der Waals surface area contributed by atoms with Gasteiger partial charge in [0.1, 0.15) is 11.4 Å². The Morgan fingerprint density at radius 1 is 1.04 bits per heavy atom. The number of halogens is 1. The summed E-state index contributed by atoms with van der Waals surface area (Å²) in [6.07, 6.45) is 0. The van der Waals surface area contributed by atoms with Gasteiger partial charge in [-0.05, 0) is 42.8 Å². The number of methoxy groups -OCH3 is 1. The molecule has 25 heavy (non-hydrogen) atoms. The van der Waals surface area contributed by atoms with Crippen LogP contribution in [-0.2, 0) is 0 Å². The van der Waals surface area contributed by atoms with Crippen LogP contribution in [0.25, 0.3) is 10.9 Å². The van der Waals surface area contributed by atoms with Gasteiger partial charge in [-0.25, -0.2) is 0 Å². The van der Waals surface area contributed by atoms with E-state index in [1.165, 1.54) is 13.2 Å². The predicted molar refractivity (Wildman–Crippen MR) is 96.0 cm³/mol. The van der Waals surface area contributed by atoms with Crippen molar-refractivity contribution in [1.82, 2.24) is 15.8 Å². The van der Waals surface area contributed by atoms with E-state index in [1.807, 2.05) is 25.1 Å². The smallest absolute Gasteiger partial charge is 0.286 e. The van der Waals surface area contributed by atoms with E-state index in [4.69, 9.17) is 16.3 Å². The van der Waals surface area contributed by atoms with E-state index in [2.05, 4.69) is 15.8 Å². The lowest BCUT2D eigenvalue weighted by molar-refractivity contribution is 0.0842. The van der Waals surface area contributed by atoms with Crippen LogP contribution >= 0.6 is 11.6 Å². The van der Waals surface area contributed by atoms with Crippen LogP contribution in [0.3, 0.4) is 0 Å². The molecule has 3 N–H and O–H groups in total. The Morgan fingerprint density at radius 3 is 2.56 bits per heavy atom. The highest BCUT2D eigenvalue weighted by Gasteiger charge is 2.15. The number of hydrogen-bond acceptors (Lipinski definition) is 3. The van der Waals surface area contributed by atoms with E-state index in [0.717, 1.165) is 16.5 Å². The molecule has 0 saturated carbocycles. The van der Waals surface area contributed by atoms with Crippen LogP contribution < -0.4 is 15.6 Å². The molecule has 1 heterocycles. The SMILES string of the molecule is COc1ccc(Cl)cc1C(=O)NNC(=O)c1cc2ccc(C)cc2[nH]1. The molecule has 1 aromatic heterocycles. The quantitative estimate of drug-likeness (QED) is 0.629. The highest BCUT2D eigenvalue weighted by Crippen LogP contribution is 2.22. The molecule has 3 aromatic rings. The van der Waals surface area contributed by atoms with Gasteiger partial charge in [-0.1, -0.05) is 23.7 Å². The number of aryl methyl sites for hydroxylation is 1. The third-order valence-corrected chi connectivity index (χ3v) is 3.95. The average molecular weight is 358 g/mol. The first-order chi connectivity index (χ1) is 12.0. The molecule has 2 aromatic carbocycles. The molecule has 0 aliphatic rings. The van der Waals surface area contributed by atoms with Gasteiger partial charge >= 0.3 is 0 Å². The minimum absolute atomic E-state index is 0.225. The fourth-order valence-electron chi connectivity index (χ4n) is 2.47. The Kier molecular flexibility index (Phi) is 4.63. The summed E-state index contributed by atoms with van der Waals surface area (Å²) in [5, 5.41) is 1.31. The largest absolute Gasteiger partial charge is 0.496 e. The molecular formula is C18H16ClN3O3. The van der Waals surface area contributed by atoms with E-state index in [9.17, 15) is 9.59 Å². The standard InChI is InChI=1S/C18H16ClN3O3/c1-10-3-4-11-8-15(20-14(11)7-10)18(24)22-21-17(23)13-9-12(19)5-6-16(13)25-2/h3-9,20H,1-2H3,(H,21,23)(H,22,24). The second kappa shape index (κ2) is 6.86. The molecule has 128 valence electrons. The van der Waals surface area contributed by atoms with Gasteiger partial charge in [0.15, 0.2) is 0 Å². The van der Waals surface area contributed by atoms with Gasteiger partial charge in [0.05, 0.1) is 12.7 Å². The van der Waals surface area contributed by atoms with Crippen molar-refractivity contribution in [2.24, 2.45) is 0 Å². The van der Waals surface area contributed by atoms with Gasteiger partial charge < -0.3 is 9.72 Å². The van der Waals surface area contributed by atoms with Crippen LogP contribution in [0.1, 0.15) is 26.4 Å². The molecule has 0 atom stereocenters. The van der Waals surface area contributed by atoms with Crippen molar-refractivity contribution in [3.8, 4) is 5.75 Å². The number of fused-ring (bicyclic) bond motifs is 1. The molecule has 0 aliphatic heterocycles. The van der Waals surface area contributed by atoms with Gasteiger partial charge in [0.25, 0.3) is 11.8 Å². The molecule has 0 bridgehead atoms. The second-order valence-corrected chi connectivity index (χ2v) is 5.96. The molecule has 3 rings (SSSR count). The topological polar surface area (TPSA) is 83.2 Å². The van der Waals surface area contributed by atoms with Crippen LogP contribution in [0, 0.1) is 6.92 Å². The maximum atomic E-state index is 12.3. The maximum Gasteiger partial charge on any atom is 0.286 e. The maximum absolute atomic E-state index is 12.3. The van der Waals surface area contributed by atoms with Crippen molar-refractivity contribution in [3.63, 3.8) is 0 Å². The molecule has 0 spiro atoms. The number of carbonyl (C=O) groups is 2. The molecule has 0 saturated heterocycles. The molecule has 2 amide bonds. The van der Waals surface area contributed by atoms with Crippen molar-refractivity contribution in [1.29, 1.82) is 0 Å². The zero-order chi connectivity index (χ0) is 18.0. The Morgan fingerprint density at radius 2 is 1.80 bits per heavy atom. The second-order valence-electron chi connectivity index (χ2n) is 5.53. The molecule has 0 unspecified atom stereocenters. The van der Waals surface area contributed by atoms with Gasteiger partial charge in [-0.2, -0.15) is 0 Å². The van der Waals surface area contributed by atoms with Crippen LogP contribution in [-0.4, -0.2) is 23.9 Å². The summed E-state index contributed by atoms with van der Waals surface area (Å²) in [7, 11) is 1.45. The van der Waals surface area contributed by atoms with E-state index in [-0.39, 0.29) is 5.56 Å². The Bertz CT molecular complexity index is 965. The molecule has 6 nitrogen and oxygen atoms in total. The van der Waals surface area contributed by atoms with Crippen LogP contribution in [0.4, 0.5) is 0 Å². The fraction of sp³-hybridized carbons (Fsp3) is 0.111. The lowest BCUT2D eigenvalue weighted by atomic mass is 10.2. The third kappa shape index (κ3) is 3.59. The lowest BCUT2D eigenvalue weighted by Gasteiger charge is -2.10. The van der Waals surface area contributed by atoms with Gasteiger partial charge in [0.2, 0.25) is 0 Å². The number of hydrogen-bond donors (Lipinski definition) is 3. The predicted octanol–water partition coefficient (Wildman–Crippen LogP) is 3.21. The Balaban J connectivity index is 1.73. The number of H-pyrrole nitrogens is 1. The Hall–Kier alpha value is -2.99. The number of aromatic amines is 1. The van der Waals surface area contributed by atoms with Gasteiger partial charge in [0, 0.05) is 15.9 Å². The number of benzene rings is 2. The summed E-state index contributed by atoms with van der Waals surface area (Å²) in [6, 6.07) is 12.2. The average Bonchev–Trinajstić information content (AvgIpc) is 3.02. The summed E-state index contributed by atoms with van der Waals surface area (Å²) < 4.78 is 5.13. The van der Waals surface area contributed by atoms with Crippen molar-refractivity contribution < 1.29 is 14.3 Å². The minimum Gasteiger partial charge on any atom is -0.496 e. The number of aromatic nitrogens is 1. The zero-order valence-corrected chi connectivity index (χ0v) is 14.4. The van der Waals surface area contributed by atoms with Crippen molar-refractivity contribution in [2.45, 2.75) is 6.92 Å². The summed E-state index contributed by atoms with van der Waals surface area (Å²) in [6.45, 7) is 1.97. The zero-order valence-electron chi connectivity index (χ0n) is 13.6. The molecule has 0 fully saturated rings. The lowest BCUT2D eigenvalue weighted by Crippen LogP contribution is -2.41. The third-order valence-electron chi connectivity index (χ3n) is 3.72. The number of rotatable bonds is 3. The van der Waals surface area contributed by atoms with E-state index in [0.29, 0.717) is 16.5 Å². The summed E-state index contributed by atoms with van der Waals surface area (Å²) in [5.74, 6) is -0.625. The van der Waals surface area contributed by atoms with Gasteiger partial charge in [-0.3, -0.25) is 20.4 Å². The van der Waals surface area contributed by atoms with Crippen molar-refractivity contribution in [2.75, 3.05) is 7.11 Å². The first-order valence-corrected chi connectivity index (χ1v) is 7.89. The number of ether oxygens (including phenoxy) is 1. The van der Waals surface area contributed by atoms with Crippen molar-refractivity contribution >= 4 is 34.3 Å². The molecule has 0 radical (unpaired) electrons. The van der Waals surface area contributed by atoms with Crippen LogP contribution in [0.15, 0.2) is 42.5 Å². The number of carbonyl (C=O) groups excluding carboxylic acids is 2.